The molecule has 0 saturated carbocycles. The lowest BCUT2D eigenvalue weighted by Crippen LogP contribution is -2.09. The van der Waals surface area contributed by atoms with Crippen molar-refractivity contribution in [1.82, 2.24) is 24.7 Å². The van der Waals surface area contributed by atoms with Gasteiger partial charge < -0.3 is 10.3 Å². The molecule has 3 heterocycles. The van der Waals surface area contributed by atoms with E-state index in [2.05, 4.69) is 31.7 Å². The van der Waals surface area contributed by atoms with Crippen LogP contribution in [0.1, 0.15) is 12.7 Å². The summed E-state index contributed by atoms with van der Waals surface area (Å²) in [5, 5.41) is 13.3. The zero-order valence-corrected chi connectivity index (χ0v) is 12.6. The second-order valence-electron chi connectivity index (χ2n) is 4.10. The molecule has 3 aromatic rings. The number of nitrogens with zero attached hydrogens (tertiary/aromatic N) is 5. The number of aromatic nitrogens is 5. The summed E-state index contributed by atoms with van der Waals surface area (Å²) >= 11 is 3.14. The van der Waals surface area contributed by atoms with Gasteiger partial charge in [0, 0.05) is 18.4 Å². The molecule has 3 aromatic heterocycles. The zero-order chi connectivity index (χ0) is 13.9. The summed E-state index contributed by atoms with van der Waals surface area (Å²) in [6, 6.07) is 2.04. The fourth-order valence-electron chi connectivity index (χ4n) is 1.96. The molecule has 0 spiro atoms. The molecule has 3 rings (SSSR count). The van der Waals surface area contributed by atoms with Crippen molar-refractivity contribution in [2.45, 2.75) is 30.1 Å². The van der Waals surface area contributed by atoms with Gasteiger partial charge in [0.1, 0.15) is 22.0 Å². The molecule has 0 atom stereocenters. The molecule has 8 heteroatoms. The van der Waals surface area contributed by atoms with E-state index in [9.17, 15) is 0 Å². The minimum atomic E-state index is 0.574. The minimum Gasteiger partial charge on any atom is -0.330 e. The van der Waals surface area contributed by atoms with Crippen molar-refractivity contribution in [3.63, 3.8) is 0 Å². The summed E-state index contributed by atoms with van der Waals surface area (Å²) in [5.74, 6) is 0.924. The maximum atomic E-state index is 5.60. The molecule has 104 valence electrons. The van der Waals surface area contributed by atoms with Crippen LogP contribution < -0.4 is 5.73 Å². The van der Waals surface area contributed by atoms with E-state index in [1.807, 2.05) is 11.4 Å². The van der Waals surface area contributed by atoms with Gasteiger partial charge in [-0.25, -0.2) is 9.97 Å². The second-order valence-corrected chi connectivity index (χ2v) is 5.95. The third-order valence-electron chi connectivity index (χ3n) is 2.89. The summed E-state index contributed by atoms with van der Waals surface area (Å²) in [6.07, 6.45) is 2.33. The quantitative estimate of drug-likeness (QED) is 0.726. The Balaban J connectivity index is 1.96. The highest BCUT2D eigenvalue weighted by Gasteiger charge is 2.14. The minimum absolute atomic E-state index is 0.574. The highest BCUT2D eigenvalue weighted by atomic mass is 32.2. The van der Waals surface area contributed by atoms with Gasteiger partial charge in [0.05, 0.1) is 0 Å². The van der Waals surface area contributed by atoms with Crippen molar-refractivity contribution >= 4 is 33.3 Å². The van der Waals surface area contributed by atoms with Crippen molar-refractivity contribution in [2.24, 2.45) is 5.73 Å². The summed E-state index contributed by atoms with van der Waals surface area (Å²) in [7, 11) is 0. The third kappa shape index (κ3) is 2.41. The second kappa shape index (κ2) is 5.86. The number of fused-ring (bicyclic) bond motifs is 1. The first-order chi connectivity index (χ1) is 9.83. The smallest absolute Gasteiger partial charge is 0.197 e. The van der Waals surface area contributed by atoms with Crippen LogP contribution in [0.15, 0.2) is 28.0 Å². The van der Waals surface area contributed by atoms with Gasteiger partial charge in [-0.15, -0.1) is 21.5 Å². The number of nitrogens with two attached hydrogens (primary N) is 1. The third-order valence-corrected chi connectivity index (χ3v) is 4.71. The molecule has 0 radical (unpaired) electrons. The average Bonchev–Trinajstić information content (AvgIpc) is 3.07. The fraction of sp³-hybridized carbons (Fsp3) is 0.333. The topological polar surface area (TPSA) is 82.5 Å². The highest BCUT2D eigenvalue weighted by Crippen LogP contribution is 2.32. The summed E-state index contributed by atoms with van der Waals surface area (Å²) in [4.78, 5) is 9.61. The summed E-state index contributed by atoms with van der Waals surface area (Å²) < 4.78 is 2.08. The van der Waals surface area contributed by atoms with Crippen LogP contribution >= 0.6 is 23.1 Å². The number of hydrogen-bond donors (Lipinski definition) is 1. The van der Waals surface area contributed by atoms with E-state index >= 15 is 0 Å². The molecule has 0 amide bonds. The number of rotatable bonds is 5. The van der Waals surface area contributed by atoms with Gasteiger partial charge >= 0.3 is 0 Å². The van der Waals surface area contributed by atoms with Gasteiger partial charge in [0.15, 0.2) is 5.16 Å². The normalized spacial score (nSPS) is 11.3. The monoisotopic (exact) mass is 306 g/mol. The van der Waals surface area contributed by atoms with E-state index < -0.39 is 0 Å². The van der Waals surface area contributed by atoms with Gasteiger partial charge in [0.2, 0.25) is 0 Å². The first-order valence-corrected chi connectivity index (χ1v) is 8.01. The average molecular weight is 306 g/mol. The Bertz CT molecular complexity index is 720. The maximum Gasteiger partial charge on any atom is 0.197 e. The molecule has 0 bridgehead atoms. The van der Waals surface area contributed by atoms with Crippen LogP contribution in [0.5, 0.6) is 0 Å². The van der Waals surface area contributed by atoms with Crippen LogP contribution in [-0.4, -0.2) is 31.3 Å². The van der Waals surface area contributed by atoms with Crippen LogP contribution in [0.2, 0.25) is 0 Å². The Hall–Kier alpha value is -1.51. The molecule has 6 nitrogen and oxygen atoms in total. The zero-order valence-electron chi connectivity index (χ0n) is 11.0. The van der Waals surface area contributed by atoms with Crippen LogP contribution in [0.4, 0.5) is 0 Å². The van der Waals surface area contributed by atoms with Gasteiger partial charge in [-0.2, -0.15) is 0 Å². The summed E-state index contributed by atoms with van der Waals surface area (Å²) in [6.45, 7) is 3.47. The Morgan fingerprint density at radius 2 is 2.25 bits per heavy atom. The van der Waals surface area contributed by atoms with Crippen molar-refractivity contribution in [3.05, 3.63) is 23.6 Å². The van der Waals surface area contributed by atoms with Crippen molar-refractivity contribution in [2.75, 3.05) is 6.54 Å². The Labute approximate surface area is 124 Å². The highest BCUT2D eigenvalue weighted by molar-refractivity contribution is 7.99. The Morgan fingerprint density at radius 3 is 3.05 bits per heavy atom. The van der Waals surface area contributed by atoms with Crippen LogP contribution in [0.3, 0.4) is 0 Å². The van der Waals surface area contributed by atoms with Crippen molar-refractivity contribution in [3.8, 4) is 0 Å². The molecule has 0 unspecified atom stereocenters. The van der Waals surface area contributed by atoms with E-state index in [0.717, 1.165) is 39.2 Å². The van der Waals surface area contributed by atoms with Crippen molar-refractivity contribution < 1.29 is 0 Å². The molecule has 0 aliphatic rings. The predicted octanol–water partition coefficient (Wildman–Crippen LogP) is 1.96. The first-order valence-electron chi connectivity index (χ1n) is 6.31. The maximum absolute atomic E-state index is 5.60. The van der Waals surface area contributed by atoms with Crippen LogP contribution in [0, 0.1) is 0 Å². The summed E-state index contributed by atoms with van der Waals surface area (Å²) in [5.41, 5.74) is 5.60. The molecule has 0 aromatic carbocycles. The van der Waals surface area contributed by atoms with Gasteiger partial charge in [-0.05, 0) is 36.7 Å². The lowest BCUT2D eigenvalue weighted by atomic mass is 10.4. The number of thiophene rings is 1. The van der Waals surface area contributed by atoms with Gasteiger partial charge in [0.25, 0.3) is 0 Å². The van der Waals surface area contributed by atoms with E-state index in [0.29, 0.717) is 6.54 Å². The standard InChI is InChI=1S/C12H14N6S2/c1-2-18-9(3-5-13)16-17-12(18)20-11-8-4-6-19-10(8)14-7-15-11/h4,6-7H,2-3,5,13H2,1H3. The van der Waals surface area contributed by atoms with Crippen LogP contribution in [-0.2, 0) is 13.0 Å². The molecular weight excluding hydrogens is 292 g/mol. The lowest BCUT2D eigenvalue weighted by Gasteiger charge is -2.06. The molecule has 2 N–H and O–H groups in total. The first kappa shape index (κ1) is 13.5. The van der Waals surface area contributed by atoms with E-state index in [-0.39, 0.29) is 0 Å². The molecule has 20 heavy (non-hydrogen) atoms. The SMILES string of the molecule is CCn1c(CCN)nnc1Sc1ncnc2sccc12. The molecule has 0 saturated heterocycles. The van der Waals surface area contributed by atoms with Crippen LogP contribution in [0.25, 0.3) is 10.2 Å². The fourth-order valence-corrected chi connectivity index (χ4v) is 3.73. The largest absolute Gasteiger partial charge is 0.330 e. The lowest BCUT2D eigenvalue weighted by molar-refractivity contribution is 0.640. The van der Waals surface area contributed by atoms with Crippen molar-refractivity contribution in [1.29, 1.82) is 0 Å². The van der Waals surface area contributed by atoms with E-state index in [1.165, 1.54) is 11.8 Å². The molecule has 0 aliphatic heterocycles. The Morgan fingerprint density at radius 1 is 1.35 bits per heavy atom. The molecule has 0 aliphatic carbocycles. The number of hydrogen-bond acceptors (Lipinski definition) is 7. The predicted molar refractivity (Wildman–Crippen MR) is 80.0 cm³/mol. The molecular formula is C12H14N6S2. The van der Waals surface area contributed by atoms with E-state index in [1.54, 1.807) is 17.7 Å². The van der Waals surface area contributed by atoms with Gasteiger partial charge in [-0.1, -0.05) is 0 Å². The van der Waals surface area contributed by atoms with Gasteiger partial charge in [-0.3, -0.25) is 0 Å². The molecule has 0 fully saturated rings. The van der Waals surface area contributed by atoms with E-state index in [4.69, 9.17) is 5.73 Å². The Kier molecular flexibility index (Phi) is 3.95.